The van der Waals surface area contributed by atoms with Gasteiger partial charge in [-0.15, -0.1) is 0 Å². The predicted molar refractivity (Wildman–Crippen MR) is 93.2 cm³/mol. The monoisotopic (exact) mass is 373 g/mol. The van der Waals surface area contributed by atoms with E-state index < -0.39 is 6.04 Å². The number of amides is 2. The fraction of sp³-hybridized carbons (Fsp3) is 0.118. The van der Waals surface area contributed by atoms with E-state index in [4.69, 9.17) is 0 Å². The Morgan fingerprint density at radius 1 is 1.09 bits per heavy atom. The fourth-order valence-corrected chi connectivity index (χ4v) is 2.02. The third-order valence-corrected chi connectivity index (χ3v) is 3.56. The molecular formula is C17H16BrN3O2. The molecule has 118 valence electrons. The number of benzene rings is 2. The van der Waals surface area contributed by atoms with Gasteiger partial charge in [0.1, 0.15) is 6.04 Å². The van der Waals surface area contributed by atoms with E-state index in [0.29, 0.717) is 5.56 Å². The Kier molecular flexibility index (Phi) is 6.05. The van der Waals surface area contributed by atoms with E-state index in [1.165, 1.54) is 6.21 Å². The van der Waals surface area contributed by atoms with Crippen LogP contribution in [0.5, 0.6) is 0 Å². The van der Waals surface area contributed by atoms with Gasteiger partial charge in [0, 0.05) is 10.0 Å². The van der Waals surface area contributed by atoms with Crippen LogP contribution in [-0.4, -0.2) is 24.1 Å². The zero-order valence-corrected chi connectivity index (χ0v) is 14.1. The van der Waals surface area contributed by atoms with E-state index in [1.54, 1.807) is 31.2 Å². The largest absolute Gasteiger partial charge is 0.340 e. The smallest absolute Gasteiger partial charge is 0.262 e. The molecule has 0 spiro atoms. The molecule has 6 heteroatoms. The number of nitrogens with one attached hydrogen (secondary N) is 2. The van der Waals surface area contributed by atoms with Crippen LogP contribution in [0.15, 0.2) is 64.2 Å². The molecule has 0 aliphatic carbocycles. The lowest BCUT2D eigenvalue weighted by atomic mass is 10.2. The van der Waals surface area contributed by atoms with Crippen LogP contribution in [0.2, 0.25) is 0 Å². The number of hydrogen-bond acceptors (Lipinski definition) is 3. The van der Waals surface area contributed by atoms with Crippen LogP contribution in [0.3, 0.4) is 0 Å². The van der Waals surface area contributed by atoms with Crippen molar-refractivity contribution in [3.63, 3.8) is 0 Å². The van der Waals surface area contributed by atoms with Crippen LogP contribution in [0.4, 0.5) is 0 Å². The normalized spacial score (nSPS) is 11.9. The third kappa shape index (κ3) is 5.34. The minimum atomic E-state index is -0.690. The predicted octanol–water partition coefficient (Wildman–Crippen LogP) is 2.72. The Morgan fingerprint density at radius 3 is 2.39 bits per heavy atom. The highest BCUT2D eigenvalue weighted by Crippen LogP contribution is 2.08. The second kappa shape index (κ2) is 8.24. The van der Waals surface area contributed by atoms with Gasteiger partial charge < -0.3 is 5.32 Å². The minimum Gasteiger partial charge on any atom is -0.340 e. The average molecular weight is 374 g/mol. The Bertz CT molecular complexity index is 700. The van der Waals surface area contributed by atoms with E-state index in [9.17, 15) is 9.59 Å². The maximum Gasteiger partial charge on any atom is 0.262 e. The zero-order chi connectivity index (χ0) is 16.7. The first-order valence-corrected chi connectivity index (χ1v) is 7.80. The lowest BCUT2D eigenvalue weighted by molar-refractivity contribution is -0.122. The van der Waals surface area contributed by atoms with Gasteiger partial charge in [0.05, 0.1) is 6.21 Å². The van der Waals surface area contributed by atoms with Crippen LogP contribution >= 0.6 is 15.9 Å². The SMILES string of the molecule is C[C@@H](NC(=O)c1ccccc1)C(=O)N/N=C\c1ccc(Br)cc1. The van der Waals surface area contributed by atoms with Crippen LogP contribution < -0.4 is 10.7 Å². The first-order valence-electron chi connectivity index (χ1n) is 7.00. The van der Waals surface area contributed by atoms with E-state index in [0.717, 1.165) is 10.0 Å². The highest BCUT2D eigenvalue weighted by Gasteiger charge is 2.15. The minimum absolute atomic E-state index is 0.301. The van der Waals surface area contributed by atoms with Crippen LogP contribution in [0.25, 0.3) is 0 Å². The summed E-state index contributed by atoms with van der Waals surface area (Å²) in [5.41, 5.74) is 3.77. The molecular weight excluding hydrogens is 358 g/mol. The summed E-state index contributed by atoms with van der Waals surface area (Å²) in [6.07, 6.45) is 1.54. The van der Waals surface area contributed by atoms with Crippen molar-refractivity contribution in [2.24, 2.45) is 5.10 Å². The molecule has 0 bridgehead atoms. The Morgan fingerprint density at radius 2 is 1.74 bits per heavy atom. The number of carbonyl (C=O) groups is 2. The number of hydrogen-bond donors (Lipinski definition) is 2. The average Bonchev–Trinajstić information content (AvgIpc) is 2.57. The molecule has 0 fully saturated rings. The van der Waals surface area contributed by atoms with Crippen molar-refractivity contribution in [3.8, 4) is 0 Å². The van der Waals surface area contributed by atoms with E-state index in [-0.39, 0.29) is 11.8 Å². The fourth-order valence-electron chi connectivity index (χ4n) is 1.75. The van der Waals surface area contributed by atoms with Crippen LogP contribution in [0, 0.1) is 0 Å². The second-order valence-electron chi connectivity index (χ2n) is 4.85. The molecule has 1 atom stereocenters. The van der Waals surface area contributed by atoms with Gasteiger partial charge in [-0.1, -0.05) is 46.3 Å². The van der Waals surface area contributed by atoms with E-state index >= 15 is 0 Å². The maximum absolute atomic E-state index is 12.0. The molecule has 2 aromatic rings. The molecule has 0 aliphatic heterocycles. The topological polar surface area (TPSA) is 70.6 Å². The van der Waals surface area contributed by atoms with Crippen LogP contribution in [-0.2, 0) is 4.79 Å². The molecule has 2 N–H and O–H groups in total. The molecule has 0 heterocycles. The molecule has 0 saturated carbocycles. The lowest BCUT2D eigenvalue weighted by Crippen LogP contribution is -2.43. The molecule has 2 aromatic carbocycles. The van der Waals surface area contributed by atoms with Crippen molar-refractivity contribution in [3.05, 3.63) is 70.2 Å². The summed E-state index contributed by atoms with van der Waals surface area (Å²) in [6.45, 7) is 1.60. The maximum atomic E-state index is 12.0. The number of carbonyl (C=O) groups excluding carboxylic acids is 2. The first-order chi connectivity index (χ1) is 11.1. The Balaban J connectivity index is 1.85. The van der Waals surface area contributed by atoms with Crippen molar-refractivity contribution in [1.82, 2.24) is 10.7 Å². The van der Waals surface area contributed by atoms with E-state index in [1.807, 2.05) is 30.3 Å². The van der Waals surface area contributed by atoms with Gasteiger partial charge in [-0.3, -0.25) is 9.59 Å². The second-order valence-corrected chi connectivity index (χ2v) is 5.76. The van der Waals surface area contributed by atoms with Gasteiger partial charge >= 0.3 is 0 Å². The van der Waals surface area contributed by atoms with Crippen molar-refractivity contribution in [2.75, 3.05) is 0 Å². The number of hydrazone groups is 1. The lowest BCUT2D eigenvalue weighted by Gasteiger charge is -2.12. The summed E-state index contributed by atoms with van der Waals surface area (Å²) in [5.74, 6) is -0.687. The summed E-state index contributed by atoms with van der Waals surface area (Å²) in [4.78, 5) is 23.9. The first kappa shape index (κ1) is 16.9. The van der Waals surface area contributed by atoms with Gasteiger partial charge in [0.15, 0.2) is 0 Å². The van der Waals surface area contributed by atoms with Crippen LogP contribution in [0.1, 0.15) is 22.8 Å². The van der Waals surface area contributed by atoms with Crippen molar-refractivity contribution >= 4 is 34.0 Å². The third-order valence-electron chi connectivity index (χ3n) is 3.04. The quantitative estimate of drug-likeness (QED) is 0.624. The molecule has 0 aliphatic rings. The molecule has 0 radical (unpaired) electrons. The molecule has 23 heavy (non-hydrogen) atoms. The van der Waals surface area contributed by atoms with Crippen molar-refractivity contribution < 1.29 is 9.59 Å². The van der Waals surface area contributed by atoms with Gasteiger partial charge in [-0.2, -0.15) is 5.10 Å². The number of nitrogens with zero attached hydrogens (tertiary/aromatic N) is 1. The number of halogens is 1. The molecule has 0 aromatic heterocycles. The van der Waals surface area contributed by atoms with Crippen molar-refractivity contribution in [1.29, 1.82) is 0 Å². The van der Waals surface area contributed by atoms with Crippen molar-refractivity contribution in [2.45, 2.75) is 13.0 Å². The molecule has 2 rings (SSSR count). The van der Waals surface area contributed by atoms with E-state index in [2.05, 4.69) is 31.8 Å². The summed E-state index contributed by atoms with van der Waals surface area (Å²) >= 11 is 3.34. The molecule has 5 nitrogen and oxygen atoms in total. The molecule has 0 saturated heterocycles. The highest BCUT2D eigenvalue weighted by molar-refractivity contribution is 9.10. The molecule has 2 amide bonds. The van der Waals surface area contributed by atoms with Gasteiger partial charge in [0.2, 0.25) is 0 Å². The Hall–Kier alpha value is -2.47. The van der Waals surface area contributed by atoms with Gasteiger partial charge in [0.25, 0.3) is 11.8 Å². The highest BCUT2D eigenvalue weighted by atomic mass is 79.9. The number of rotatable bonds is 5. The van der Waals surface area contributed by atoms with Gasteiger partial charge in [-0.25, -0.2) is 5.43 Å². The Labute approximate surface area is 142 Å². The molecule has 0 unspecified atom stereocenters. The van der Waals surface area contributed by atoms with Gasteiger partial charge in [-0.05, 0) is 36.8 Å². The summed E-state index contributed by atoms with van der Waals surface area (Å²) < 4.78 is 0.968. The summed E-state index contributed by atoms with van der Waals surface area (Å²) in [7, 11) is 0. The summed E-state index contributed by atoms with van der Waals surface area (Å²) in [5, 5.41) is 6.50. The zero-order valence-electron chi connectivity index (χ0n) is 12.5. The standard InChI is InChI=1S/C17H16BrN3O2/c1-12(20-17(23)14-5-3-2-4-6-14)16(22)21-19-11-13-7-9-15(18)10-8-13/h2-12H,1H3,(H,20,23)(H,21,22)/b19-11-/t12-/m1/s1. The summed E-state index contributed by atoms with van der Waals surface area (Å²) in [6, 6.07) is 15.5.